The third-order valence-electron chi connectivity index (χ3n) is 23.4. The van der Waals surface area contributed by atoms with Crippen LogP contribution in [0.5, 0.6) is 46.0 Å². The van der Waals surface area contributed by atoms with Gasteiger partial charge in [0.2, 0.25) is 59.3 Å². The Morgan fingerprint density at radius 3 is 2.01 bits per heavy atom. The van der Waals surface area contributed by atoms with E-state index < -0.39 is 290 Å². The van der Waals surface area contributed by atoms with Crippen molar-refractivity contribution < 1.29 is 142 Å². The molecule has 2 aromatic heterocycles. The number of anilines is 1. The second kappa shape index (κ2) is 41.7. The van der Waals surface area contributed by atoms with Gasteiger partial charge in [0.25, 0.3) is 11.8 Å². The smallest absolute Gasteiger partial charge is 0.352 e. The van der Waals surface area contributed by atoms with Crippen molar-refractivity contribution in [1.82, 2.24) is 57.7 Å². The number of thiazole rings is 1. The summed E-state index contributed by atoms with van der Waals surface area (Å²) in [6.45, 7) is 4.86. The van der Waals surface area contributed by atoms with Crippen molar-refractivity contribution in [3.8, 4) is 57.1 Å². The molecule has 3 saturated heterocycles. The molecule has 0 aliphatic carbocycles. The molecule has 16 rings (SSSR count). The van der Waals surface area contributed by atoms with Crippen molar-refractivity contribution in [2.75, 3.05) is 38.3 Å². The number of aliphatic carboxylic acids is 1. The number of oxime groups is 1. The molecule has 5 aromatic carbocycles. The molecule has 20 unspecified atom stereocenters. The number of hydrogen-bond acceptors (Lipinski definition) is 34. The van der Waals surface area contributed by atoms with Gasteiger partial charge in [-0.25, -0.2) is 14.3 Å². The quantitative estimate of drug-likeness (QED) is 0.0128. The van der Waals surface area contributed by atoms with E-state index in [9.17, 15) is 75.0 Å². The summed E-state index contributed by atoms with van der Waals surface area (Å²) >= 11 is 22.8. The van der Waals surface area contributed by atoms with Crippen LogP contribution in [0.2, 0.25) is 14.4 Å². The Morgan fingerprint density at radius 2 is 1.39 bits per heavy atom. The molecule has 3 fully saturated rings. The Bertz CT molecular complexity index is 5920. The fourth-order valence-electron chi connectivity index (χ4n) is 16.4. The lowest BCUT2D eigenvalue weighted by Crippen LogP contribution is -2.71. The number of benzene rings is 5. The normalized spacial score (nSPS) is 27.1. The first-order chi connectivity index (χ1) is 64.6. The molecule has 0 saturated carbocycles. The second-order valence-corrected chi connectivity index (χ2v) is 37.2. The number of primary amides is 1. The highest BCUT2D eigenvalue weighted by Gasteiger charge is 2.56. The molecule has 25 N–H and O–H groups in total. The number of carbonyl (C=O) groups is 11. The first kappa shape index (κ1) is 99.6. The molecule has 49 heteroatoms. The van der Waals surface area contributed by atoms with Crippen LogP contribution in [0.4, 0.5) is 5.13 Å². The standard InChI is InChI=1S/C87H95Cl3N16O28S2/c1-33(2)20-45(94-5)74(117)100-62-66(112)36-11-14-50(43(88)22-36)130-52-24-38-25-53(70(52)134-85-71(69(115)68(114)54(31-107)132-85)133-56-29-87(4,93)72(116)34(3)129-56)131-51-15-12-37(23-44(51)89)67(113)63-81(124)99-59(42-26-41(48(109)28-49(42)110)40-21-35(10-13-47(40)108)57(77(120)101-63)98-78(121)58(38)97-75(118)46(27-55(91)111)96-80(62)123)76(119)95-16-9-19-128-104-61(60-73(90)136-86(92)103-60)79(122)102-64-82(125)106-65(84(126)127)39(32-135-83(64)106)30-105-17-7-6-8-18-105/h6-8,10-15,17-18,21-26,28,33-34,45-46,54,56-59,62-64,66-69,71-72,83,85,94,107,112-116H,9,16,19-20,27,29-32,93H2,1-5H3,(H15-,91,92,95,96,97,98,99,100,101,102,103,104,108,109,110,111,117,118,119,120,121,122,123,124,126,127)/p+1. The van der Waals surface area contributed by atoms with Gasteiger partial charge in [-0.15, -0.1) is 11.8 Å². The van der Waals surface area contributed by atoms with E-state index >= 15 is 28.8 Å². The number of ether oxygens (including phenoxy) is 6. The number of nitrogens with zero attached hydrogens (tertiary/aromatic N) is 4. The average Bonchev–Trinajstić information content (AvgIpc) is 0.747. The highest BCUT2D eigenvalue weighted by atomic mass is 35.5. The number of nitrogen functional groups attached to an aromatic ring is 1. The van der Waals surface area contributed by atoms with Crippen LogP contribution in [0.3, 0.4) is 0 Å². The highest BCUT2D eigenvalue weighted by Crippen LogP contribution is 2.51. The van der Waals surface area contributed by atoms with E-state index in [2.05, 4.69) is 58.0 Å². The van der Waals surface area contributed by atoms with Crippen molar-refractivity contribution in [2.45, 2.75) is 181 Å². The number of thioether (sulfide) groups is 1. The molecule has 724 valence electrons. The summed E-state index contributed by atoms with van der Waals surface area (Å²) in [6, 6.07) is 3.08. The number of nitrogens with two attached hydrogens (primary N) is 3. The number of hydrogen-bond donors (Lipinski definition) is 22. The number of β-lactam (4-membered cyclic amide) rings is 1. The largest absolute Gasteiger partial charge is 0.507 e. The number of likely N-dealkylation sites (N-methyl/N-ethyl adjacent to an activating group) is 1. The molecular weight excluding hydrogens is 1890 g/mol. The molecule has 0 spiro atoms. The van der Waals surface area contributed by atoms with Crippen LogP contribution in [0, 0.1) is 5.92 Å². The number of fused-ring (bicyclic) bond motifs is 17. The van der Waals surface area contributed by atoms with E-state index in [1.807, 2.05) is 0 Å². The maximum absolute atomic E-state index is 16.4. The van der Waals surface area contributed by atoms with E-state index in [-0.39, 0.29) is 80.8 Å². The van der Waals surface area contributed by atoms with Gasteiger partial charge in [0.05, 0.1) is 41.3 Å². The van der Waals surface area contributed by atoms with Gasteiger partial charge in [-0.3, -0.25) is 52.8 Å². The van der Waals surface area contributed by atoms with Gasteiger partial charge in [0.1, 0.15) is 129 Å². The minimum atomic E-state index is -2.41. The third-order valence-corrected chi connectivity index (χ3v) is 26.4. The third kappa shape index (κ3) is 21.4. The van der Waals surface area contributed by atoms with Crippen LogP contribution >= 0.6 is 57.9 Å². The molecule has 44 nitrogen and oxygen atoms in total. The zero-order chi connectivity index (χ0) is 98.1. The number of pyridine rings is 1. The van der Waals surface area contributed by atoms with Crippen molar-refractivity contribution in [3.63, 3.8) is 0 Å². The summed E-state index contributed by atoms with van der Waals surface area (Å²) < 4.78 is 40.3. The molecule has 9 aliphatic rings. The number of carboxylic acids is 1. The van der Waals surface area contributed by atoms with Crippen LogP contribution in [-0.2, 0) is 78.3 Å². The summed E-state index contributed by atoms with van der Waals surface area (Å²) in [7, 11) is 1.46. The lowest BCUT2D eigenvalue weighted by atomic mass is 9.86. The van der Waals surface area contributed by atoms with Gasteiger partial charge >= 0.3 is 5.97 Å². The number of amides is 10. The zero-order valence-corrected chi connectivity index (χ0v) is 76.5. The van der Waals surface area contributed by atoms with E-state index in [0.717, 1.165) is 83.0 Å². The Labute approximate surface area is 795 Å². The lowest BCUT2D eigenvalue weighted by Gasteiger charge is -2.49. The minimum absolute atomic E-state index is 0.109. The van der Waals surface area contributed by atoms with Gasteiger partial charge < -0.3 is 149 Å². The Kier molecular flexibility index (Phi) is 30.5. The topological polar surface area (TPSA) is 673 Å². The first-order valence-corrected chi connectivity index (χ1v) is 45.4. The number of aromatic nitrogens is 2. The van der Waals surface area contributed by atoms with Crippen LogP contribution in [-0.4, -0.2) is 255 Å². The first-order valence-electron chi connectivity index (χ1n) is 42.4. The van der Waals surface area contributed by atoms with Crippen LogP contribution < -0.4 is 83.8 Å². The summed E-state index contributed by atoms with van der Waals surface area (Å²) in [4.78, 5) is 173. The van der Waals surface area contributed by atoms with E-state index in [0.29, 0.717) is 5.57 Å². The highest BCUT2D eigenvalue weighted by molar-refractivity contribution is 8.00. The summed E-state index contributed by atoms with van der Waals surface area (Å²) in [6.07, 6.45) is -15.9. The van der Waals surface area contributed by atoms with Crippen molar-refractivity contribution in [3.05, 3.63) is 169 Å². The Hall–Kier alpha value is -12.4. The fraction of sp³-hybridized carbons (Fsp3) is 0.402. The molecular formula is C87H96Cl3N16O28S2+. The van der Waals surface area contributed by atoms with E-state index in [1.54, 1.807) is 49.0 Å². The number of aliphatic hydroxyl groups excluding tert-OH is 6. The van der Waals surface area contributed by atoms with E-state index in [4.69, 9.17) is 85.3 Å². The molecule has 0 radical (unpaired) electrons. The zero-order valence-electron chi connectivity index (χ0n) is 72.6. The predicted octanol–water partition coefficient (Wildman–Crippen LogP) is 0.367. The maximum Gasteiger partial charge on any atom is 0.352 e. The second-order valence-electron chi connectivity index (χ2n) is 33.6. The molecule has 10 amide bonds. The average molecular weight is 1980 g/mol. The number of carbonyl (C=O) groups excluding carboxylic acids is 10. The molecule has 9 aliphatic heterocycles. The fourth-order valence-corrected chi connectivity index (χ4v) is 19.1. The monoisotopic (exact) mass is 1980 g/mol. The van der Waals surface area contributed by atoms with Crippen LogP contribution in [0.15, 0.2) is 126 Å². The summed E-state index contributed by atoms with van der Waals surface area (Å²) in [5.41, 5.74) is 13.5. The van der Waals surface area contributed by atoms with Gasteiger partial charge in [-0.2, -0.15) is 0 Å². The Morgan fingerprint density at radius 1 is 0.743 bits per heavy atom. The van der Waals surface area contributed by atoms with Crippen molar-refractivity contribution in [1.29, 1.82) is 0 Å². The number of phenolic OH excluding ortho intramolecular Hbond substituents is 3. The number of nitrogens with one attached hydrogen (secondary N) is 9. The number of carboxylic acid groups (broad SMARTS) is 1. The van der Waals surface area contributed by atoms with Crippen molar-refractivity contribution >= 4 is 134 Å². The Balaban J connectivity index is 0.842. The van der Waals surface area contributed by atoms with Gasteiger partial charge in [0.15, 0.2) is 53.7 Å². The summed E-state index contributed by atoms with van der Waals surface area (Å²) in [5.74, 6) is -18.9. The van der Waals surface area contributed by atoms with E-state index in [1.165, 1.54) is 44.8 Å². The van der Waals surface area contributed by atoms with Crippen LogP contribution in [0.1, 0.15) is 117 Å². The molecule has 136 heavy (non-hydrogen) atoms. The molecule has 13 bridgehead atoms. The number of aliphatic hydroxyl groups is 6. The minimum Gasteiger partial charge on any atom is -0.507 e. The van der Waals surface area contributed by atoms with Gasteiger partial charge in [-0.05, 0) is 110 Å². The number of halogens is 3. The molecule has 20 atom stereocenters. The molecule has 7 aromatic rings. The van der Waals surface area contributed by atoms with Gasteiger partial charge in [0, 0.05) is 71.1 Å². The number of phenols is 3. The number of aromatic hydroxyl groups is 3. The maximum atomic E-state index is 16.4. The molecule has 11 heterocycles. The van der Waals surface area contributed by atoms with Crippen molar-refractivity contribution in [2.24, 2.45) is 22.5 Å². The lowest BCUT2D eigenvalue weighted by molar-refractivity contribution is -0.689. The number of rotatable bonds is 24. The summed E-state index contributed by atoms with van der Waals surface area (Å²) in [5, 5.41) is 142. The van der Waals surface area contributed by atoms with Crippen LogP contribution in [0.25, 0.3) is 11.1 Å². The van der Waals surface area contributed by atoms with Gasteiger partial charge in [-0.1, -0.05) is 89.4 Å². The SMILES string of the molecule is CNC(CC(C)C)C(=O)NC1C(=O)NC(CC(N)=O)C(=O)NC2C(=O)NC3C(=O)NC(C(=O)NC(C(=O)NCCCO/N=C(\C(=O)NC4C(=O)N5C(C(=O)O)=C(C[n+]6ccccc6)CSC45)c4nc(N)sc4Cl)c4cc(c(O)cc4O)-c4cc3ccc4O)C(O)c3ccc(c(Cl)c3)Oc3cc2cc(c3OC2OC(CO)C(O)C(O)C2OC2CC(C)(N)C(O)C(C)O2)Oc2ccc(cc2Cl)C1O. The predicted molar refractivity (Wildman–Crippen MR) is 480 cm³/mol.